The van der Waals surface area contributed by atoms with Crippen LogP contribution in [-0.4, -0.2) is 57.0 Å². The summed E-state index contributed by atoms with van der Waals surface area (Å²) in [6.45, 7) is 9.22. The number of amides is 2. The predicted octanol–water partition coefficient (Wildman–Crippen LogP) is 5.66. The van der Waals surface area contributed by atoms with Crippen molar-refractivity contribution in [3.05, 3.63) is 83.4 Å². The molecule has 2 amide bonds. The van der Waals surface area contributed by atoms with Gasteiger partial charge in [0.1, 0.15) is 24.1 Å². The molecule has 0 heterocycles. The molecule has 3 aromatic carbocycles. The van der Waals surface area contributed by atoms with Gasteiger partial charge in [0, 0.05) is 17.1 Å². The van der Waals surface area contributed by atoms with Crippen LogP contribution in [0.1, 0.15) is 46.6 Å². The summed E-state index contributed by atoms with van der Waals surface area (Å²) in [5.41, 5.74) is 0.485. The zero-order chi connectivity index (χ0) is 31.8. The number of hydrogen-bond donors (Lipinski definition) is 1. The smallest absolute Gasteiger partial charge is 0.264 e. The first-order valence-corrected chi connectivity index (χ1v) is 15.9. The van der Waals surface area contributed by atoms with E-state index in [9.17, 15) is 18.0 Å². The Hall–Kier alpha value is -3.76. The summed E-state index contributed by atoms with van der Waals surface area (Å²) in [7, 11) is -2.66. The van der Waals surface area contributed by atoms with Gasteiger partial charge in [-0.25, -0.2) is 8.42 Å². The van der Waals surface area contributed by atoms with Crippen molar-refractivity contribution >= 4 is 39.1 Å². The molecule has 0 aliphatic carbocycles. The van der Waals surface area contributed by atoms with Crippen LogP contribution in [0.3, 0.4) is 0 Å². The van der Waals surface area contributed by atoms with Crippen molar-refractivity contribution in [3.8, 4) is 11.5 Å². The Labute approximate surface area is 259 Å². The first-order chi connectivity index (χ1) is 20.3. The highest BCUT2D eigenvalue weighted by atomic mass is 35.5. The van der Waals surface area contributed by atoms with E-state index in [1.807, 2.05) is 46.8 Å². The molecule has 43 heavy (non-hydrogen) atoms. The quantitative estimate of drug-likeness (QED) is 0.261. The minimum Gasteiger partial charge on any atom is -0.497 e. The third-order valence-corrected chi connectivity index (χ3v) is 8.55. The number of nitrogens with zero attached hydrogens (tertiary/aromatic N) is 2. The molecular weight excluding hydrogens is 590 g/mol. The Kier molecular flexibility index (Phi) is 11.5. The van der Waals surface area contributed by atoms with Gasteiger partial charge in [-0.3, -0.25) is 13.9 Å². The first-order valence-electron chi connectivity index (χ1n) is 14.0. The van der Waals surface area contributed by atoms with Crippen LogP contribution in [0.2, 0.25) is 5.02 Å². The summed E-state index contributed by atoms with van der Waals surface area (Å²) in [5, 5.41) is 3.34. The Bertz CT molecular complexity index is 1470. The summed E-state index contributed by atoms with van der Waals surface area (Å²) in [5.74, 6) is 0.338. The number of carbonyl (C=O) groups is 2. The molecule has 0 aliphatic rings. The van der Waals surface area contributed by atoms with Crippen LogP contribution in [0.4, 0.5) is 5.69 Å². The number of anilines is 1. The van der Waals surface area contributed by atoms with E-state index in [-0.39, 0.29) is 23.0 Å². The molecule has 0 spiro atoms. The van der Waals surface area contributed by atoms with E-state index in [2.05, 4.69) is 5.32 Å². The van der Waals surface area contributed by atoms with E-state index in [0.29, 0.717) is 29.5 Å². The fourth-order valence-corrected chi connectivity index (χ4v) is 5.98. The number of halogens is 1. The van der Waals surface area contributed by atoms with Gasteiger partial charge in [0.05, 0.1) is 24.3 Å². The zero-order valence-corrected chi connectivity index (χ0v) is 27.0. The van der Waals surface area contributed by atoms with Gasteiger partial charge in [0.15, 0.2) is 0 Å². The number of ether oxygens (including phenoxy) is 2. The van der Waals surface area contributed by atoms with Gasteiger partial charge in [-0.15, -0.1) is 0 Å². The number of nitrogens with one attached hydrogen (secondary N) is 1. The number of rotatable bonds is 13. The van der Waals surface area contributed by atoms with Crippen molar-refractivity contribution in [1.82, 2.24) is 10.2 Å². The second-order valence-electron chi connectivity index (χ2n) is 10.9. The van der Waals surface area contributed by atoms with Crippen molar-refractivity contribution in [1.29, 1.82) is 0 Å². The fraction of sp³-hybridized carbons (Fsp3) is 0.375. The number of sulfonamides is 1. The molecule has 0 aromatic heterocycles. The van der Waals surface area contributed by atoms with Crippen LogP contribution in [0.15, 0.2) is 77.7 Å². The average molecular weight is 630 g/mol. The Morgan fingerprint density at radius 3 is 2.00 bits per heavy atom. The molecule has 0 unspecified atom stereocenters. The zero-order valence-electron chi connectivity index (χ0n) is 25.5. The Morgan fingerprint density at radius 2 is 1.49 bits per heavy atom. The van der Waals surface area contributed by atoms with Gasteiger partial charge < -0.3 is 19.7 Å². The highest BCUT2D eigenvalue weighted by Crippen LogP contribution is 2.28. The monoisotopic (exact) mass is 629 g/mol. The molecule has 3 rings (SSSR count). The minimum atomic E-state index is -4.22. The molecule has 9 nitrogen and oxygen atoms in total. The highest BCUT2D eigenvalue weighted by Gasteiger charge is 2.34. The van der Waals surface area contributed by atoms with E-state index >= 15 is 0 Å². The first kappa shape index (κ1) is 33.7. The third-order valence-electron chi connectivity index (χ3n) is 6.51. The van der Waals surface area contributed by atoms with Crippen LogP contribution >= 0.6 is 11.6 Å². The maximum atomic E-state index is 14.2. The molecule has 0 aliphatic heterocycles. The molecule has 3 aromatic rings. The van der Waals surface area contributed by atoms with Crippen molar-refractivity contribution in [2.75, 3.05) is 24.6 Å². The SMILES string of the molecule is CCOc1ccc(N(CC(=O)N(Cc2ccc(OC)cc2)[C@@H](CC)C(=O)NC(C)(C)C)S(=O)(=O)c2ccc(Cl)cc2)cc1. The number of benzene rings is 3. The Balaban J connectivity index is 2.07. The van der Waals surface area contributed by atoms with Gasteiger partial charge in [0.2, 0.25) is 11.8 Å². The summed E-state index contributed by atoms with van der Waals surface area (Å²) in [6, 6.07) is 18.5. The molecule has 1 N–H and O–H groups in total. The summed E-state index contributed by atoms with van der Waals surface area (Å²) in [6.07, 6.45) is 0.316. The summed E-state index contributed by atoms with van der Waals surface area (Å²) in [4.78, 5) is 29.0. The maximum absolute atomic E-state index is 14.2. The lowest BCUT2D eigenvalue weighted by Crippen LogP contribution is -2.55. The van der Waals surface area contributed by atoms with E-state index in [0.717, 1.165) is 9.87 Å². The summed E-state index contributed by atoms with van der Waals surface area (Å²) >= 11 is 6.02. The Morgan fingerprint density at radius 1 is 0.907 bits per heavy atom. The van der Waals surface area contributed by atoms with Gasteiger partial charge in [-0.05, 0) is 100 Å². The van der Waals surface area contributed by atoms with Crippen molar-refractivity contribution in [3.63, 3.8) is 0 Å². The molecule has 1 atom stereocenters. The van der Waals surface area contributed by atoms with Crippen molar-refractivity contribution < 1.29 is 27.5 Å². The van der Waals surface area contributed by atoms with E-state index in [4.69, 9.17) is 21.1 Å². The standard InChI is InChI=1S/C32H40ClN3O6S/c1-7-29(31(38)34-32(3,4)5)35(21-23-9-15-26(41-6)16-10-23)30(37)22-36(25-13-17-27(18-14-25)42-8-2)43(39,40)28-19-11-24(33)12-20-28/h9-20,29H,7-8,21-22H2,1-6H3,(H,34,38)/t29-/m0/s1. The highest BCUT2D eigenvalue weighted by molar-refractivity contribution is 7.92. The van der Waals surface area contributed by atoms with Gasteiger partial charge in [-0.1, -0.05) is 30.7 Å². The molecule has 0 bridgehead atoms. The topological polar surface area (TPSA) is 105 Å². The average Bonchev–Trinajstić information content (AvgIpc) is 2.96. The van der Waals surface area contributed by atoms with Crippen LogP contribution in [0.25, 0.3) is 0 Å². The second kappa shape index (κ2) is 14.6. The lowest BCUT2D eigenvalue weighted by Gasteiger charge is -2.34. The minimum absolute atomic E-state index is 0.0298. The van der Waals surface area contributed by atoms with Crippen molar-refractivity contribution in [2.45, 2.75) is 64.1 Å². The van der Waals surface area contributed by atoms with E-state index in [1.165, 1.54) is 29.2 Å². The molecule has 0 radical (unpaired) electrons. The maximum Gasteiger partial charge on any atom is 0.264 e. The number of carbonyl (C=O) groups excluding carboxylic acids is 2. The van der Waals surface area contributed by atoms with Crippen LogP contribution in [0.5, 0.6) is 11.5 Å². The molecule has 0 saturated carbocycles. The predicted molar refractivity (Wildman–Crippen MR) is 169 cm³/mol. The normalized spacial score (nSPS) is 12.3. The molecule has 232 valence electrons. The molecule has 11 heteroatoms. The van der Waals surface area contributed by atoms with Gasteiger partial charge in [-0.2, -0.15) is 0 Å². The van der Waals surface area contributed by atoms with Crippen molar-refractivity contribution in [2.24, 2.45) is 0 Å². The second-order valence-corrected chi connectivity index (χ2v) is 13.2. The molecule has 0 saturated heterocycles. The lowest BCUT2D eigenvalue weighted by molar-refractivity contribution is -0.141. The van der Waals surface area contributed by atoms with E-state index < -0.39 is 34.1 Å². The van der Waals surface area contributed by atoms with E-state index in [1.54, 1.807) is 43.5 Å². The number of hydrogen-bond acceptors (Lipinski definition) is 6. The van der Waals surface area contributed by atoms with Crippen LogP contribution in [-0.2, 0) is 26.2 Å². The van der Waals surface area contributed by atoms with Gasteiger partial charge >= 0.3 is 0 Å². The lowest BCUT2D eigenvalue weighted by atomic mass is 10.1. The molecule has 0 fully saturated rings. The largest absolute Gasteiger partial charge is 0.497 e. The van der Waals surface area contributed by atoms with Crippen LogP contribution < -0.4 is 19.1 Å². The number of methoxy groups -OCH3 is 1. The van der Waals surface area contributed by atoms with Crippen LogP contribution in [0, 0.1) is 0 Å². The third kappa shape index (κ3) is 9.11. The summed E-state index contributed by atoms with van der Waals surface area (Å²) < 4.78 is 39.8. The molecular formula is C32H40ClN3O6S. The van der Waals surface area contributed by atoms with Gasteiger partial charge in [0.25, 0.3) is 10.0 Å². The fourth-order valence-electron chi connectivity index (χ4n) is 4.44.